The fourth-order valence-electron chi connectivity index (χ4n) is 1.28. The van der Waals surface area contributed by atoms with Crippen molar-refractivity contribution in [2.75, 3.05) is 6.61 Å². The highest BCUT2D eigenvalue weighted by molar-refractivity contribution is 5.74. The average Bonchev–Trinajstić information content (AvgIpc) is 2.37. The highest BCUT2D eigenvalue weighted by Crippen LogP contribution is 2.30. The smallest absolute Gasteiger partial charge is 0.311 e. The van der Waals surface area contributed by atoms with Crippen LogP contribution in [0.2, 0.25) is 0 Å². The second kappa shape index (κ2) is 2.81. The van der Waals surface area contributed by atoms with E-state index in [0.717, 1.165) is 12.8 Å². The van der Waals surface area contributed by atoms with Crippen molar-refractivity contribution >= 4 is 5.97 Å². The van der Waals surface area contributed by atoms with Gasteiger partial charge < -0.3 is 9.84 Å². The van der Waals surface area contributed by atoms with Gasteiger partial charge in [0.1, 0.15) is 0 Å². The molecule has 0 aromatic rings. The van der Waals surface area contributed by atoms with Gasteiger partial charge in [-0.1, -0.05) is 0 Å². The van der Waals surface area contributed by atoms with Gasteiger partial charge in [0.2, 0.25) is 0 Å². The Kier molecular flexibility index (Phi) is 2.18. The maximum absolute atomic E-state index is 10.7. The van der Waals surface area contributed by atoms with E-state index < -0.39 is 11.4 Å². The van der Waals surface area contributed by atoms with Gasteiger partial charge in [-0.05, 0) is 26.7 Å². The number of ether oxygens (including phenoxy) is 1. The highest BCUT2D eigenvalue weighted by Gasteiger charge is 2.39. The molecule has 1 N–H and O–H groups in total. The standard InChI is InChI=1S/C8H14O3/c1-8(2,7(9)10)6-4-3-5-11-6/h6H,3-5H2,1-2H3,(H,9,10)/t6-/m1/s1. The summed E-state index contributed by atoms with van der Waals surface area (Å²) in [4.78, 5) is 10.7. The van der Waals surface area contributed by atoms with E-state index in [1.54, 1.807) is 13.8 Å². The maximum atomic E-state index is 10.7. The van der Waals surface area contributed by atoms with Gasteiger partial charge in [0.05, 0.1) is 11.5 Å². The van der Waals surface area contributed by atoms with E-state index in [-0.39, 0.29) is 6.10 Å². The van der Waals surface area contributed by atoms with Gasteiger partial charge in [-0.2, -0.15) is 0 Å². The maximum Gasteiger partial charge on any atom is 0.311 e. The minimum Gasteiger partial charge on any atom is -0.481 e. The molecule has 0 aromatic heterocycles. The zero-order valence-corrected chi connectivity index (χ0v) is 6.96. The Balaban J connectivity index is 2.62. The minimum absolute atomic E-state index is 0.0972. The van der Waals surface area contributed by atoms with Gasteiger partial charge >= 0.3 is 5.97 Å². The molecule has 1 saturated heterocycles. The topological polar surface area (TPSA) is 46.5 Å². The van der Waals surface area contributed by atoms with Crippen LogP contribution in [0.1, 0.15) is 26.7 Å². The normalized spacial score (nSPS) is 25.5. The Morgan fingerprint density at radius 1 is 1.64 bits per heavy atom. The largest absolute Gasteiger partial charge is 0.481 e. The molecule has 1 atom stereocenters. The molecule has 1 fully saturated rings. The van der Waals surface area contributed by atoms with Crippen molar-refractivity contribution in [3.8, 4) is 0 Å². The summed E-state index contributed by atoms with van der Waals surface area (Å²) in [7, 11) is 0. The average molecular weight is 158 g/mol. The Hall–Kier alpha value is -0.570. The third kappa shape index (κ3) is 1.53. The summed E-state index contributed by atoms with van der Waals surface area (Å²) in [6.45, 7) is 4.14. The molecule has 0 amide bonds. The van der Waals surface area contributed by atoms with Crippen LogP contribution >= 0.6 is 0 Å². The van der Waals surface area contributed by atoms with Crippen molar-refractivity contribution in [3.05, 3.63) is 0 Å². The molecule has 0 spiro atoms. The summed E-state index contributed by atoms with van der Waals surface area (Å²) in [5.41, 5.74) is -0.726. The molecule has 11 heavy (non-hydrogen) atoms. The van der Waals surface area contributed by atoms with Crippen molar-refractivity contribution in [1.82, 2.24) is 0 Å². The fourth-order valence-corrected chi connectivity index (χ4v) is 1.28. The first-order valence-electron chi connectivity index (χ1n) is 3.90. The van der Waals surface area contributed by atoms with Crippen LogP contribution in [0.25, 0.3) is 0 Å². The van der Waals surface area contributed by atoms with Crippen LogP contribution in [0, 0.1) is 5.41 Å². The molecular formula is C8H14O3. The Morgan fingerprint density at radius 3 is 2.64 bits per heavy atom. The van der Waals surface area contributed by atoms with Crippen molar-refractivity contribution in [3.63, 3.8) is 0 Å². The van der Waals surface area contributed by atoms with Crippen LogP contribution in [-0.4, -0.2) is 23.8 Å². The SMILES string of the molecule is CC(C)(C(=O)O)[C@H]1CCCO1. The van der Waals surface area contributed by atoms with Crippen LogP contribution in [0.5, 0.6) is 0 Å². The van der Waals surface area contributed by atoms with Crippen LogP contribution in [0.3, 0.4) is 0 Å². The molecule has 64 valence electrons. The van der Waals surface area contributed by atoms with E-state index in [1.807, 2.05) is 0 Å². The molecule has 1 aliphatic heterocycles. The molecule has 3 heteroatoms. The van der Waals surface area contributed by atoms with Gasteiger partial charge in [0.15, 0.2) is 0 Å². The third-order valence-corrected chi connectivity index (χ3v) is 2.29. The lowest BCUT2D eigenvalue weighted by Gasteiger charge is -2.25. The predicted molar refractivity (Wildman–Crippen MR) is 40.4 cm³/mol. The van der Waals surface area contributed by atoms with Crippen molar-refractivity contribution in [2.45, 2.75) is 32.8 Å². The first-order valence-corrected chi connectivity index (χ1v) is 3.90. The monoisotopic (exact) mass is 158 g/mol. The quantitative estimate of drug-likeness (QED) is 0.658. The van der Waals surface area contributed by atoms with Gasteiger partial charge in [0.25, 0.3) is 0 Å². The zero-order valence-electron chi connectivity index (χ0n) is 6.96. The molecule has 0 unspecified atom stereocenters. The lowest BCUT2D eigenvalue weighted by atomic mass is 9.85. The van der Waals surface area contributed by atoms with Crippen molar-refractivity contribution in [1.29, 1.82) is 0 Å². The van der Waals surface area contributed by atoms with Crippen LogP contribution in [-0.2, 0) is 9.53 Å². The highest BCUT2D eigenvalue weighted by atomic mass is 16.5. The van der Waals surface area contributed by atoms with Crippen LogP contribution in [0.4, 0.5) is 0 Å². The molecule has 0 aromatic carbocycles. The predicted octanol–water partition coefficient (Wildman–Crippen LogP) is 1.28. The van der Waals surface area contributed by atoms with Gasteiger partial charge in [0, 0.05) is 6.61 Å². The molecule has 3 nitrogen and oxygen atoms in total. The van der Waals surface area contributed by atoms with Crippen LogP contribution in [0.15, 0.2) is 0 Å². The molecule has 0 saturated carbocycles. The lowest BCUT2D eigenvalue weighted by Crippen LogP contribution is -2.36. The number of carboxylic acids is 1. The van der Waals surface area contributed by atoms with Gasteiger partial charge in [-0.3, -0.25) is 4.79 Å². The number of hydrogen-bond acceptors (Lipinski definition) is 2. The van der Waals surface area contributed by atoms with Crippen LogP contribution < -0.4 is 0 Å². The van der Waals surface area contributed by atoms with Gasteiger partial charge in [-0.25, -0.2) is 0 Å². The van der Waals surface area contributed by atoms with E-state index in [2.05, 4.69) is 0 Å². The Morgan fingerprint density at radius 2 is 2.27 bits per heavy atom. The first kappa shape index (κ1) is 8.53. The molecule has 0 bridgehead atoms. The summed E-state index contributed by atoms with van der Waals surface area (Å²) in [5.74, 6) is -0.774. The summed E-state index contributed by atoms with van der Waals surface area (Å²) < 4.78 is 5.30. The molecular weight excluding hydrogens is 144 g/mol. The number of hydrogen-bond donors (Lipinski definition) is 1. The van der Waals surface area contributed by atoms with E-state index in [9.17, 15) is 4.79 Å². The molecule has 0 aliphatic carbocycles. The van der Waals surface area contributed by atoms with Crippen molar-refractivity contribution < 1.29 is 14.6 Å². The summed E-state index contributed by atoms with van der Waals surface area (Å²) in [6, 6.07) is 0. The van der Waals surface area contributed by atoms with E-state index in [1.165, 1.54) is 0 Å². The first-order chi connectivity index (χ1) is 5.05. The number of carboxylic acid groups (broad SMARTS) is 1. The van der Waals surface area contributed by atoms with E-state index >= 15 is 0 Å². The number of carbonyl (C=O) groups is 1. The zero-order chi connectivity index (χ0) is 8.48. The second-order valence-electron chi connectivity index (χ2n) is 3.53. The number of aliphatic carboxylic acids is 1. The summed E-state index contributed by atoms with van der Waals surface area (Å²) >= 11 is 0. The Bertz CT molecular complexity index is 157. The molecule has 1 rings (SSSR count). The lowest BCUT2D eigenvalue weighted by molar-refractivity contribution is -0.154. The summed E-state index contributed by atoms with van der Waals surface area (Å²) in [5, 5.41) is 8.82. The van der Waals surface area contributed by atoms with E-state index in [0.29, 0.717) is 6.61 Å². The minimum atomic E-state index is -0.774. The molecule has 1 aliphatic rings. The fraction of sp³-hybridized carbons (Fsp3) is 0.875. The van der Waals surface area contributed by atoms with Gasteiger partial charge in [-0.15, -0.1) is 0 Å². The Labute approximate surface area is 66.4 Å². The van der Waals surface area contributed by atoms with Crippen molar-refractivity contribution in [2.24, 2.45) is 5.41 Å². The molecule has 0 radical (unpaired) electrons. The van der Waals surface area contributed by atoms with E-state index in [4.69, 9.17) is 9.84 Å². The molecule has 1 heterocycles. The summed E-state index contributed by atoms with van der Waals surface area (Å²) in [6.07, 6.45) is 1.76. The number of rotatable bonds is 2. The third-order valence-electron chi connectivity index (χ3n) is 2.29. The second-order valence-corrected chi connectivity index (χ2v) is 3.53.